The average Bonchev–Trinajstić information content (AvgIpc) is 2.65. The van der Waals surface area contributed by atoms with Gasteiger partial charge in [0.15, 0.2) is 0 Å². The molecule has 9 heteroatoms. The van der Waals surface area contributed by atoms with Gasteiger partial charge in [-0.05, 0) is 37.3 Å². The Hall–Kier alpha value is -3.75. The van der Waals surface area contributed by atoms with Gasteiger partial charge in [-0.2, -0.15) is 10.1 Å². The number of anilines is 4. The van der Waals surface area contributed by atoms with Crippen molar-refractivity contribution in [3.8, 4) is 0 Å². The van der Waals surface area contributed by atoms with Gasteiger partial charge in [0.25, 0.3) is 11.5 Å². The molecule has 2 aromatic heterocycles. The fraction of sp³-hybridized carbons (Fsp3) is 0.211. The van der Waals surface area contributed by atoms with Crippen LogP contribution in [0.2, 0.25) is 0 Å². The zero-order valence-corrected chi connectivity index (χ0v) is 16.1. The summed E-state index contributed by atoms with van der Waals surface area (Å²) in [7, 11) is 5.33. The Morgan fingerprint density at radius 2 is 1.71 bits per heavy atom. The van der Waals surface area contributed by atoms with Gasteiger partial charge in [-0.25, -0.2) is 9.67 Å². The van der Waals surface area contributed by atoms with E-state index in [1.165, 1.54) is 19.2 Å². The van der Waals surface area contributed by atoms with Crippen molar-refractivity contribution in [3.05, 3.63) is 64.2 Å². The average molecular weight is 379 g/mol. The maximum atomic E-state index is 12.3. The summed E-state index contributed by atoms with van der Waals surface area (Å²) in [6, 6.07) is 11.7. The van der Waals surface area contributed by atoms with Crippen molar-refractivity contribution < 1.29 is 4.79 Å². The number of hydrogen-bond acceptors (Lipinski definition) is 7. The largest absolute Gasteiger partial charge is 0.363 e. The van der Waals surface area contributed by atoms with Crippen LogP contribution in [0.1, 0.15) is 16.2 Å². The van der Waals surface area contributed by atoms with Crippen LogP contribution >= 0.6 is 0 Å². The van der Waals surface area contributed by atoms with Crippen LogP contribution in [-0.2, 0) is 7.05 Å². The van der Waals surface area contributed by atoms with Crippen LogP contribution < -0.4 is 21.1 Å². The number of rotatable bonds is 5. The van der Waals surface area contributed by atoms with Gasteiger partial charge in [-0.1, -0.05) is 0 Å². The number of aryl methyl sites for hydroxylation is 2. The van der Waals surface area contributed by atoms with E-state index >= 15 is 0 Å². The molecule has 9 nitrogen and oxygen atoms in total. The second-order valence-electron chi connectivity index (χ2n) is 6.42. The van der Waals surface area contributed by atoms with Gasteiger partial charge in [0.1, 0.15) is 11.5 Å². The Morgan fingerprint density at radius 3 is 2.36 bits per heavy atom. The predicted octanol–water partition coefficient (Wildman–Crippen LogP) is 1.94. The molecule has 28 heavy (non-hydrogen) atoms. The smallest absolute Gasteiger partial charge is 0.276 e. The summed E-state index contributed by atoms with van der Waals surface area (Å²) < 4.78 is 1.12. The van der Waals surface area contributed by atoms with Crippen molar-refractivity contribution in [3.63, 3.8) is 0 Å². The van der Waals surface area contributed by atoms with E-state index in [1.54, 1.807) is 12.1 Å². The van der Waals surface area contributed by atoms with Crippen LogP contribution in [0.5, 0.6) is 0 Å². The minimum Gasteiger partial charge on any atom is -0.363 e. The zero-order valence-electron chi connectivity index (χ0n) is 16.1. The van der Waals surface area contributed by atoms with Crippen LogP contribution in [0.3, 0.4) is 0 Å². The molecule has 0 saturated carbocycles. The monoisotopic (exact) mass is 379 g/mol. The topological polar surface area (TPSA) is 105 Å². The number of aromatic nitrogens is 4. The number of nitrogens with one attached hydrogen (secondary N) is 2. The van der Waals surface area contributed by atoms with Gasteiger partial charge in [-0.15, -0.1) is 0 Å². The fourth-order valence-electron chi connectivity index (χ4n) is 2.42. The van der Waals surface area contributed by atoms with E-state index in [0.29, 0.717) is 11.6 Å². The molecule has 0 aliphatic heterocycles. The second-order valence-corrected chi connectivity index (χ2v) is 6.42. The van der Waals surface area contributed by atoms with Crippen molar-refractivity contribution in [2.24, 2.45) is 7.05 Å². The molecule has 0 spiro atoms. The summed E-state index contributed by atoms with van der Waals surface area (Å²) in [6.45, 7) is 1.91. The molecule has 0 saturated heterocycles. The number of carbonyl (C=O) groups excluding carboxylic acids is 1. The maximum Gasteiger partial charge on any atom is 0.276 e. The molecule has 2 heterocycles. The minimum absolute atomic E-state index is 0.161. The Kier molecular flexibility index (Phi) is 5.35. The van der Waals surface area contributed by atoms with Crippen LogP contribution in [-0.4, -0.2) is 39.8 Å². The number of nitrogens with zero attached hydrogens (tertiary/aromatic N) is 5. The first kappa shape index (κ1) is 19.0. The normalized spacial score (nSPS) is 10.4. The van der Waals surface area contributed by atoms with E-state index < -0.39 is 5.91 Å². The van der Waals surface area contributed by atoms with Crippen molar-refractivity contribution >= 4 is 29.0 Å². The van der Waals surface area contributed by atoms with E-state index in [4.69, 9.17) is 0 Å². The molecule has 0 aliphatic carbocycles. The van der Waals surface area contributed by atoms with E-state index in [9.17, 15) is 9.59 Å². The molecule has 0 fully saturated rings. The molecular formula is C19H21N7O2. The van der Waals surface area contributed by atoms with Gasteiger partial charge in [0.2, 0.25) is 5.95 Å². The summed E-state index contributed by atoms with van der Waals surface area (Å²) >= 11 is 0. The molecule has 144 valence electrons. The molecule has 2 N–H and O–H groups in total. The molecule has 0 bridgehead atoms. The SMILES string of the molecule is Cc1cc(N(C)C)nc(Nc2ccc(NC(=O)c3ccc(=O)n(C)n3)cc2)n1. The molecule has 0 unspecified atom stereocenters. The Bertz CT molecular complexity index is 1060. The fourth-order valence-corrected chi connectivity index (χ4v) is 2.42. The standard InChI is InChI=1S/C19H21N7O2/c1-12-11-16(25(2)3)23-19(20-12)22-14-7-5-13(6-8-14)21-18(28)15-9-10-17(27)26(4)24-15/h5-11H,1-4H3,(H,21,28)(H,20,22,23). The van der Waals surface area contributed by atoms with Crippen molar-refractivity contribution in [1.82, 2.24) is 19.7 Å². The van der Waals surface area contributed by atoms with Gasteiger partial charge in [0, 0.05) is 50.3 Å². The summed E-state index contributed by atoms with van der Waals surface area (Å²) in [6.07, 6.45) is 0. The lowest BCUT2D eigenvalue weighted by molar-refractivity contribution is 0.102. The molecule has 3 aromatic rings. The third-order valence-corrected chi connectivity index (χ3v) is 3.89. The van der Waals surface area contributed by atoms with Gasteiger partial charge >= 0.3 is 0 Å². The van der Waals surface area contributed by atoms with Crippen LogP contribution in [0.4, 0.5) is 23.1 Å². The van der Waals surface area contributed by atoms with Crippen molar-refractivity contribution in [1.29, 1.82) is 0 Å². The first-order valence-corrected chi connectivity index (χ1v) is 8.57. The molecule has 1 amide bonds. The van der Waals surface area contributed by atoms with Gasteiger partial charge in [0.05, 0.1) is 0 Å². The maximum absolute atomic E-state index is 12.3. The number of hydrogen-bond donors (Lipinski definition) is 2. The van der Waals surface area contributed by atoms with Crippen LogP contribution in [0, 0.1) is 6.92 Å². The Balaban J connectivity index is 1.70. The van der Waals surface area contributed by atoms with Gasteiger partial charge < -0.3 is 15.5 Å². The Morgan fingerprint density at radius 1 is 1.04 bits per heavy atom. The summed E-state index contributed by atoms with van der Waals surface area (Å²) in [4.78, 5) is 34.4. The highest BCUT2D eigenvalue weighted by Crippen LogP contribution is 2.19. The lowest BCUT2D eigenvalue weighted by atomic mass is 10.2. The third kappa shape index (κ3) is 4.50. The zero-order chi connectivity index (χ0) is 20.3. The number of carbonyl (C=O) groups is 1. The molecule has 0 aliphatic rings. The predicted molar refractivity (Wildman–Crippen MR) is 108 cm³/mol. The highest BCUT2D eigenvalue weighted by atomic mass is 16.2. The van der Waals surface area contributed by atoms with Crippen molar-refractivity contribution in [2.45, 2.75) is 6.92 Å². The van der Waals surface area contributed by atoms with E-state index in [0.717, 1.165) is 21.9 Å². The van der Waals surface area contributed by atoms with Crippen LogP contribution in [0.15, 0.2) is 47.3 Å². The molecule has 1 aromatic carbocycles. The summed E-state index contributed by atoms with van der Waals surface area (Å²) in [5.74, 6) is 0.910. The quantitative estimate of drug-likeness (QED) is 0.698. The third-order valence-electron chi connectivity index (χ3n) is 3.89. The van der Waals surface area contributed by atoms with E-state index in [2.05, 4.69) is 25.7 Å². The second kappa shape index (κ2) is 7.87. The van der Waals surface area contributed by atoms with E-state index in [1.807, 2.05) is 44.1 Å². The number of benzene rings is 1. The molecular weight excluding hydrogens is 358 g/mol. The first-order chi connectivity index (χ1) is 13.3. The van der Waals surface area contributed by atoms with Gasteiger partial charge in [-0.3, -0.25) is 9.59 Å². The molecule has 0 radical (unpaired) electrons. The van der Waals surface area contributed by atoms with E-state index in [-0.39, 0.29) is 11.3 Å². The lowest BCUT2D eigenvalue weighted by Crippen LogP contribution is -2.23. The highest BCUT2D eigenvalue weighted by Gasteiger charge is 2.09. The lowest BCUT2D eigenvalue weighted by Gasteiger charge is -2.14. The highest BCUT2D eigenvalue weighted by molar-refractivity contribution is 6.02. The number of amides is 1. The summed E-state index contributed by atoms with van der Waals surface area (Å²) in [5, 5.41) is 9.83. The van der Waals surface area contributed by atoms with Crippen LogP contribution in [0.25, 0.3) is 0 Å². The molecule has 3 rings (SSSR count). The Labute approximate surface area is 162 Å². The van der Waals surface area contributed by atoms with Crippen molar-refractivity contribution in [2.75, 3.05) is 29.6 Å². The minimum atomic E-state index is -0.394. The first-order valence-electron chi connectivity index (χ1n) is 8.57. The molecule has 0 atom stereocenters. The summed E-state index contributed by atoms with van der Waals surface area (Å²) in [5.41, 5.74) is 2.13.